The van der Waals surface area contributed by atoms with Gasteiger partial charge in [-0.05, 0) is 62.4 Å². The second-order valence-electron chi connectivity index (χ2n) is 16.8. The van der Waals surface area contributed by atoms with Crippen LogP contribution in [0.1, 0.15) is 31.7 Å². The molecule has 0 bridgehead atoms. The van der Waals surface area contributed by atoms with Gasteiger partial charge in [-0.2, -0.15) is 4.98 Å². The van der Waals surface area contributed by atoms with Gasteiger partial charge in [-0.15, -0.1) is 6.58 Å². The third kappa shape index (κ3) is 12.8. The zero-order valence-corrected chi connectivity index (χ0v) is 38.8. The van der Waals surface area contributed by atoms with Gasteiger partial charge in [0.2, 0.25) is 29.6 Å². The number of aryl methyl sites for hydroxylation is 1. The van der Waals surface area contributed by atoms with Crippen LogP contribution in [0.2, 0.25) is 0 Å². The van der Waals surface area contributed by atoms with Gasteiger partial charge >= 0.3 is 0 Å². The third-order valence-corrected chi connectivity index (χ3v) is 11.5. The minimum Gasteiger partial charge on any atom is -0.445 e. The molecule has 7 rings (SSSR count). The van der Waals surface area contributed by atoms with Gasteiger partial charge in [0.15, 0.2) is 11.5 Å². The van der Waals surface area contributed by atoms with E-state index in [-0.39, 0.29) is 42.8 Å². The zero-order chi connectivity index (χ0) is 48.0. The summed E-state index contributed by atoms with van der Waals surface area (Å²) < 4.78 is 26.0. The second kappa shape index (κ2) is 23.3. The van der Waals surface area contributed by atoms with E-state index in [2.05, 4.69) is 55.7 Å². The molecule has 2 saturated heterocycles. The number of rotatable bonds is 24. The quantitative estimate of drug-likeness (QED) is 0.0461. The highest BCUT2D eigenvalue weighted by Crippen LogP contribution is 2.25. The number of fused-ring (bicyclic) bond motifs is 1. The molecule has 0 radical (unpaired) electrons. The molecule has 6 heterocycles. The Bertz CT molecular complexity index is 2580. The lowest BCUT2D eigenvalue weighted by Crippen LogP contribution is -2.52. The van der Waals surface area contributed by atoms with Crippen LogP contribution in [-0.4, -0.2) is 155 Å². The first-order valence-electron chi connectivity index (χ1n) is 22.9. The highest BCUT2D eigenvalue weighted by Gasteiger charge is 2.29. The lowest BCUT2D eigenvalue weighted by Gasteiger charge is -2.36. The summed E-state index contributed by atoms with van der Waals surface area (Å²) >= 11 is 0. The molecular weight excluding hydrogens is 875 g/mol. The second-order valence-corrected chi connectivity index (χ2v) is 16.8. The predicted octanol–water partition coefficient (Wildman–Crippen LogP) is 3.01. The number of piperazine rings is 2. The summed E-state index contributed by atoms with van der Waals surface area (Å²) in [6.07, 6.45) is 4.96. The van der Waals surface area contributed by atoms with Crippen LogP contribution in [0.25, 0.3) is 16.9 Å². The monoisotopic (exact) mass is 935 g/mol. The molecule has 3 N–H and O–H groups in total. The van der Waals surface area contributed by atoms with Crippen LogP contribution in [0, 0.1) is 0 Å². The fourth-order valence-corrected chi connectivity index (χ4v) is 7.80. The number of nitrogens with zero attached hydrogens (tertiary/aromatic N) is 9. The third-order valence-electron chi connectivity index (χ3n) is 11.5. The van der Waals surface area contributed by atoms with Crippen molar-refractivity contribution in [3.63, 3.8) is 0 Å². The molecule has 2 aliphatic heterocycles. The summed E-state index contributed by atoms with van der Waals surface area (Å²) in [4.78, 5) is 71.5. The number of anilines is 4. The van der Waals surface area contributed by atoms with Gasteiger partial charge in [0.1, 0.15) is 23.3 Å². The number of nitrogens with one attached hydrogen (secondary N) is 2. The molecule has 3 amide bonds. The molecule has 20 nitrogen and oxygen atoms in total. The zero-order valence-electron chi connectivity index (χ0n) is 38.8. The number of pyridine rings is 1. The number of furan rings is 1. The maximum absolute atomic E-state index is 13.4. The molecule has 0 atom stereocenters. The molecular formula is C48H61N11O9. The minimum atomic E-state index is -1.18. The Morgan fingerprint density at radius 2 is 1.62 bits per heavy atom. The predicted molar refractivity (Wildman–Crippen MR) is 256 cm³/mol. The molecule has 5 aromatic rings. The van der Waals surface area contributed by atoms with E-state index in [9.17, 15) is 24.3 Å². The average Bonchev–Trinajstić information content (AvgIpc) is 3.92. The molecule has 4 aromatic heterocycles. The van der Waals surface area contributed by atoms with Crippen LogP contribution in [-0.2, 0) is 47.2 Å². The molecule has 362 valence electrons. The summed E-state index contributed by atoms with van der Waals surface area (Å²) in [6.45, 7) is 19.1. The maximum Gasteiger partial charge on any atom is 0.278 e. The van der Waals surface area contributed by atoms with Crippen LogP contribution in [0.15, 0.2) is 95.3 Å². The Morgan fingerprint density at radius 1 is 0.882 bits per heavy atom. The summed E-state index contributed by atoms with van der Waals surface area (Å²) in [5.74, 6) is 1.13. The number of aliphatic hydroxyl groups is 1. The first-order chi connectivity index (χ1) is 32.9. The van der Waals surface area contributed by atoms with Gasteiger partial charge in [0.05, 0.1) is 51.9 Å². The molecule has 0 spiro atoms. The first-order valence-corrected chi connectivity index (χ1v) is 22.9. The summed E-state index contributed by atoms with van der Waals surface area (Å²) in [6, 6.07) is 16.9. The van der Waals surface area contributed by atoms with Crippen LogP contribution in [0.3, 0.4) is 0 Å². The molecule has 2 fully saturated rings. The Kier molecular flexibility index (Phi) is 16.9. The van der Waals surface area contributed by atoms with E-state index >= 15 is 0 Å². The molecule has 1 aromatic carbocycles. The molecule has 0 unspecified atom stereocenters. The number of hydrogen-bond donors (Lipinski definition) is 3. The average molecular weight is 936 g/mol. The van der Waals surface area contributed by atoms with Gasteiger partial charge < -0.3 is 44.2 Å². The number of ether oxygens (including phenoxy) is 3. The number of aromatic nitrogens is 5. The maximum atomic E-state index is 13.4. The highest BCUT2D eigenvalue weighted by molar-refractivity contribution is 5.98. The largest absolute Gasteiger partial charge is 0.445 e. The van der Waals surface area contributed by atoms with Crippen LogP contribution in [0.5, 0.6) is 0 Å². The standard InChI is InChI=1S/C48H61N11O9/c1-5-19-58-46(63)38-33-50-47(53-45(38)59(58)40-9-7-8-39(52-40)48(3,4)64)51-35-10-12-36(13-11-35)55-22-20-54(21-23-55)26-28-66-30-32-67-31-29-65-27-18-49-41(60)16-14-37-15-17-44(68-37)57-25-24-56(34-43(57)62)42(61)6-2/h5-13,15,17,33,64H,1-2,14,16,18-32,34H2,3-4H3,(H,49,60)(H,50,51,53). The van der Waals surface area contributed by atoms with Gasteiger partial charge in [-0.1, -0.05) is 18.7 Å². The summed E-state index contributed by atoms with van der Waals surface area (Å²) in [5.41, 5.74) is 1.31. The first kappa shape index (κ1) is 49.2. The Labute approximate surface area is 394 Å². The topological polar surface area (TPSA) is 215 Å². The molecule has 0 saturated carbocycles. The van der Waals surface area contributed by atoms with Crippen molar-refractivity contribution >= 4 is 52.0 Å². The van der Waals surface area contributed by atoms with E-state index in [4.69, 9.17) is 23.6 Å². The van der Waals surface area contributed by atoms with Crippen LogP contribution >= 0.6 is 0 Å². The minimum absolute atomic E-state index is 0.0305. The van der Waals surface area contributed by atoms with E-state index in [1.165, 1.54) is 26.8 Å². The molecule has 0 aliphatic carbocycles. The lowest BCUT2D eigenvalue weighted by atomic mass is 10.1. The van der Waals surface area contributed by atoms with Crippen LogP contribution in [0.4, 0.5) is 23.2 Å². The van der Waals surface area contributed by atoms with Gasteiger partial charge in [-0.3, -0.25) is 29.0 Å². The normalized spacial score (nSPS) is 14.7. The van der Waals surface area contributed by atoms with Crippen molar-refractivity contribution in [2.45, 2.75) is 38.8 Å². The van der Waals surface area contributed by atoms with E-state index < -0.39 is 5.60 Å². The Balaban J connectivity index is 0.728. The summed E-state index contributed by atoms with van der Waals surface area (Å²) in [5, 5.41) is 17.0. The van der Waals surface area contributed by atoms with E-state index in [0.717, 1.165) is 44.1 Å². The molecule has 20 heteroatoms. The van der Waals surface area contributed by atoms with Gasteiger partial charge in [-0.25, -0.2) is 19.3 Å². The highest BCUT2D eigenvalue weighted by atomic mass is 16.5. The molecule has 68 heavy (non-hydrogen) atoms. The number of benzene rings is 1. The SMILES string of the molecule is C=CCn1c(=O)c2cnc(Nc3ccc(N4CCN(CCOCCOCCOCCNC(=O)CCc5ccc(N6CCN(C(=O)C=C)CC6=O)o5)CC4)cc3)nc2n1-c1cccc(C(C)(C)O)n1. The fraction of sp³-hybridized carbons (Fsp3) is 0.438. The van der Waals surface area contributed by atoms with Gasteiger partial charge in [0.25, 0.3) is 5.56 Å². The van der Waals surface area contributed by atoms with E-state index in [0.29, 0.717) is 106 Å². The van der Waals surface area contributed by atoms with Crippen LogP contribution < -0.4 is 26.0 Å². The number of amides is 3. The van der Waals surface area contributed by atoms with Crippen molar-refractivity contribution in [1.82, 2.24) is 39.4 Å². The number of carbonyl (C=O) groups excluding carboxylic acids is 3. The van der Waals surface area contributed by atoms with Crippen molar-refractivity contribution < 1.29 is 38.1 Å². The Morgan fingerprint density at radius 3 is 2.32 bits per heavy atom. The van der Waals surface area contributed by atoms with Gasteiger partial charge in [0, 0.05) is 88.8 Å². The van der Waals surface area contributed by atoms with Crippen molar-refractivity contribution in [2.24, 2.45) is 0 Å². The number of allylic oxidation sites excluding steroid dienone is 1. The fourth-order valence-electron chi connectivity index (χ4n) is 7.80. The lowest BCUT2D eigenvalue weighted by molar-refractivity contribution is -0.133. The van der Waals surface area contributed by atoms with Crippen molar-refractivity contribution in [1.29, 1.82) is 0 Å². The Hall–Kier alpha value is -6.71. The van der Waals surface area contributed by atoms with Crippen molar-refractivity contribution in [3.8, 4) is 5.82 Å². The smallest absolute Gasteiger partial charge is 0.278 e. The number of hydrogen-bond acceptors (Lipinski definition) is 15. The molecule has 2 aliphatic rings. The van der Waals surface area contributed by atoms with Crippen molar-refractivity contribution in [3.05, 3.63) is 108 Å². The van der Waals surface area contributed by atoms with E-state index in [1.807, 2.05) is 12.1 Å². The summed E-state index contributed by atoms with van der Waals surface area (Å²) in [7, 11) is 0. The van der Waals surface area contributed by atoms with Crippen molar-refractivity contribution in [2.75, 3.05) is 114 Å². The number of carbonyl (C=O) groups is 3. The van der Waals surface area contributed by atoms with E-state index in [1.54, 1.807) is 54.9 Å².